The Hall–Kier alpha value is -3.28. The minimum Gasteiger partial charge on any atom is -0.467 e. The van der Waals surface area contributed by atoms with E-state index in [1.807, 2.05) is 36.4 Å². The molecule has 1 N–H and O–H groups in total. The van der Waals surface area contributed by atoms with Crippen LogP contribution < -0.4 is 5.32 Å². The van der Waals surface area contributed by atoms with Gasteiger partial charge in [0.05, 0.1) is 25.6 Å². The Bertz CT molecular complexity index is 900. The molecule has 2 amide bonds. The van der Waals surface area contributed by atoms with E-state index in [2.05, 4.69) is 26.1 Å². The highest BCUT2D eigenvalue weighted by atomic mass is 16.3. The number of hydrogen-bond acceptors (Lipinski definition) is 4. The molecule has 2 aromatic heterocycles. The first-order valence-corrected chi connectivity index (χ1v) is 10.0. The van der Waals surface area contributed by atoms with Crippen molar-refractivity contribution in [3.63, 3.8) is 0 Å². The summed E-state index contributed by atoms with van der Waals surface area (Å²) in [5, 5.41) is 2.83. The summed E-state index contributed by atoms with van der Waals surface area (Å²) in [5.74, 6) is 1.11. The molecule has 0 fully saturated rings. The van der Waals surface area contributed by atoms with Crippen LogP contribution in [0.1, 0.15) is 54.6 Å². The summed E-state index contributed by atoms with van der Waals surface area (Å²) in [7, 11) is 0. The summed E-state index contributed by atoms with van der Waals surface area (Å²) in [6.45, 7) is 7.33. The van der Waals surface area contributed by atoms with E-state index < -0.39 is 0 Å². The first kappa shape index (κ1) is 21.4. The zero-order valence-corrected chi connectivity index (χ0v) is 17.7. The van der Waals surface area contributed by atoms with Crippen LogP contribution in [0.25, 0.3) is 0 Å². The van der Waals surface area contributed by atoms with Crippen molar-refractivity contribution < 1.29 is 18.4 Å². The number of carbonyl (C=O) groups excluding carboxylic acids is 2. The fraction of sp³-hybridized carbons (Fsp3) is 0.333. The predicted octanol–water partition coefficient (Wildman–Crippen LogP) is 4.52. The number of hydrogen-bond donors (Lipinski definition) is 1. The average molecular weight is 408 g/mol. The van der Waals surface area contributed by atoms with Gasteiger partial charge in [0.2, 0.25) is 5.91 Å². The maximum atomic E-state index is 12.8. The monoisotopic (exact) mass is 408 g/mol. The zero-order chi connectivity index (χ0) is 21.6. The number of benzene rings is 1. The van der Waals surface area contributed by atoms with Crippen molar-refractivity contribution in [2.75, 3.05) is 6.54 Å². The Labute approximate surface area is 176 Å². The Morgan fingerprint density at radius 3 is 1.93 bits per heavy atom. The largest absolute Gasteiger partial charge is 0.467 e. The van der Waals surface area contributed by atoms with Gasteiger partial charge in [-0.2, -0.15) is 0 Å². The van der Waals surface area contributed by atoms with Gasteiger partial charge < -0.3 is 19.1 Å². The van der Waals surface area contributed by atoms with Crippen LogP contribution in [0.4, 0.5) is 0 Å². The van der Waals surface area contributed by atoms with Crippen LogP contribution >= 0.6 is 0 Å². The van der Waals surface area contributed by atoms with Crippen molar-refractivity contribution >= 4 is 11.8 Å². The van der Waals surface area contributed by atoms with E-state index in [1.165, 1.54) is 5.56 Å². The number of nitrogens with one attached hydrogen (secondary N) is 1. The third-order valence-corrected chi connectivity index (χ3v) is 4.84. The number of nitrogens with zero attached hydrogens (tertiary/aromatic N) is 1. The van der Waals surface area contributed by atoms with Crippen molar-refractivity contribution in [2.24, 2.45) is 0 Å². The first-order valence-electron chi connectivity index (χ1n) is 10.0. The molecule has 158 valence electrons. The lowest BCUT2D eigenvalue weighted by Gasteiger charge is -2.21. The minimum absolute atomic E-state index is 0.0346. The van der Waals surface area contributed by atoms with Crippen molar-refractivity contribution in [3.8, 4) is 0 Å². The molecular weight excluding hydrogens is 380 g/mol. The van der Waals surface area contributed by atoms with E-state index in [0.717, 1.165) is 0 Å². The van der Waals surface area contributed by atoms with Crippen LogP contribution in [0.5, 0.6) is 0 Å². The summed E-state index contributed by atoms with van der Waals surface area (Å²) in [5.41, 5.74) is 1.78. The van der Waals surface area contributed by atoms with Gasteiger partial charge in [-0.1, -0.05) is 32.9 Å². The Balaban J connectivity index is 1.54. The molecule has 0 saturated carbocycles. The van der Waals surface area contributed by atoms with Crippen LogP contribution in [0.3, 0.4) is 0 Å². The van der Waals surface area contributed by atoms with Gasteiger partial charge in [0.25, 0.3) is 5.91 Å². The molecule has 6 nitrogen and oxygen atoms in total. The van der Waals surface area contributed by atoms with Crippen molar-refractivity contribution in [1.29, 1.82) is 0 Å². The fourth-order valence-corrected chi connectivity index (χ4v) is 3.08. The molecule has 0 bridgehead atoms. The van der Waals surface area contributed by atoms with E-state index in [1.54, 1.807) is 29.6 Å². The summed E-state index contributed by atoms with van der Waals surface area (Å²) >= 11 is 0. The Morgan fingerprint density at radius 2 is 1.47 bits per heavy atom. The molecule has 0 saturated heterocycles. The predicted molar refractivity (Wildman–Crippen MR) is 114 cm³/mol. The Kier molecular flexibility index (Phi) is 6.77. The molecule has 30 heavy (non-hydrogen) atoms. The summed E-state index contributed by atoms with van der Waals surface area (Å²) in [6, 6.07) is 14.8. The third-order valence-electron chi connectivity index (χ3n) is 4.84. The van der Waals surface area contributed by atoms with Gasteiger partial charge in [0.15, 0.2) is 0 Å². The standard InChI is InChI=1S/C24H28N2O4/c1-24(2,3)19-10-8-18(9-11-19)23(28)25-13-12-22(27)26(16-20-6-4-14-29-20)17-21-7-5-15-30-21/h4-11,14-15H,12-13,16-17H2,1-3H3,(H,25,28). The lowest BCUT2D eigenvalue weighted by molar-refractivity contribution is -0.132. The molecule has 0 aliphatic heterocycles. The van der Waals surface area contributed by atoms with Crippen LogP contribution in [-0.2, 0) is 23.3 Å². The molecular formula is C24H28N2O4. The smallest absolute Gasteiger partial charge is 0.251 e. The molecule has 2 heterocycles. The molecule has 0 spiro atoms. The number of rotatable bonds is 8. The van der Waals surface area contributed by atoms with E-state index in [-0.39, 0.29) is 30.2 Å². The molecule has 0 aliphatic rings. The maximum Gasteiger partial charge on any atom is 0.251 e. The molecule has 3 rings (SSSR count). The summed E-state index contributed by atoms with van der Waals surface area (Å²) < 4.78 is 10.7. The molecule has 0 radical (unpaired) electrons. The molecule has 6 heteroatoms. The maximum absolute atomic E-state index is 12.8. The van der Waals surface area contributed by atoms with E-state index >= 15 is 0 Å². The molecule has 0 atom stereocenters. The van der Waals surface area contributed by atoms with E-state index in [9.17, 15) is 9.59 Å². The molecule has 0 unspecified atom stereocenters. The van der Waals surface area contributed by atoms with Crippen LogP contribution in [0, 0.1) is 0 Å². The first-order chi connectivity index (χ1) is 14.3. The second-order valence-electron chi connectivity index (χ2n) is 8.24. The zero-order valence-electron chi connectivity index (χ0n) is 17.7. The lowest BCUT2D eigenvalue weighted by Crippen LogP contribution is -2.33. The van der Waals surface area contributed by atoms with Gasteiger partial charge in [-0.15, -0.1) is 0 Å². The highest BCUT2D eigenvalue weighted by molar-refractivity contribution is 5.94. The van der Waals surface area contributed by atoms with E-state index in [4.69, 9.17) is 8.83 Å². The number of carbonyl (C=O) groups is 2. The van der Waals surface area contributed by atoms with Gasteiger partial charge in [0.1, 0.15) is 11.5 Å². The van der Waals surface area contributed by atoms with Gasteiger partial charge in [-0.25, -0.2) is 0 Å². The third kappa shape index (κ3) is 5.86. The number of amides is 2. The topological polar surface area (TPSA) is 75.7 Å². The highest BCUT2D eigenvalue weighted by Crippen LogP contribution is 2.22. The van der Waals surface area contributed by atoms with E-state index in [0.29, 0.717) is 30.2 Å². The highest BCUT2D eigenvalue weighted by Gasteiger charge is 2.18. The SMILES string of the molecule is CC(C)(C)c1ccc(C(=O)NCCC(=O)N(Cc2ccco2)Cc2ccco2)cc1. The quantitative estimate of drug-likeness (QED) is 0.595. The van der Waals surface area contributed by atoms with Gasteiger partial charge in [-0.3, -0.25) is 9.59 Å². The van der Waals surface area contributed by atoms with Crippen molar-refractivity contribution in [1.82, 2.24) is 10.2 Å². The van der Waals surface area contributed by atoms with Crippen molar-refractivity contribution in [2.45, 2.75) is 45.7 Å². The van der Waals surface area contributed by atoms with Crippen LogP contribution in [0.15, 0.2) is 69.9 Å². The molecule has 3 aromatic rings. The Morgan fingerprint density at radius 1 is 0.900 bits per heavy atom. The molecule has 1 aromatic carbocycles. The van der Waals surface area contributed by atoms with Gasteiger partial charge in [0, 0.05) is 18.5 Å². The second kappa shape index (κ2) is 9.48. The number of furan rings is 2. The molecule has 0 aliphatic carbocycles. The average Bonchev–Trinajstić information content (AvgIpc) is 3.41. The van der Waals surface area contributed by atoms with Gasteiger partial charge in [-0.05, 0) is 47.4 Å². The normalized spacial score (nSPS) is 11.3. The van der Waals surface area contributed by atoms with Crippen LogP contribution in [0.2, 0.25) is 0 Å². The minimum atomic E-state index is -0.188. The van der Waals surface area contributed by atoms with Crippen molar-refractivity contribution in [3.05, 3.63) is 83.7 Å². The lowest BCUT2D eigenvalue weighted by atomic mass is 9.87. The fourth-order valence-electron chi connectivity index (χ4n) is 3.08. The summed E-state index contributed by atoms with van der Waals surface area (Å²) in [4.78, 5) is 26.8. The summed E-state index contributed by atoms with van der Waals surface area (Å²) in [6.07, 6.45) is 3.35. The second-order valence-corrected chi connectivity index (χ2v) is 8.24. The van der Waals surface area contributed by atoms with Gasteiger partial charge >= 0.3 is 0 Å². The van der Waals surface area contributed by atoms with Crippen LogP contribution in [-0.4, -0.2) is 23.3 Å².